The standard InChI is InChI=1S/C18H36O5S/c1-20-11-12-21-13-14-22-15-16-23-18(19)10-8-6-4-2-3-5-7-9-17-24/h24H,2-17H2,1H3. The van der Waals surface area contributed by atoms with Gasteiger partial charge in [0.05, 0.1) is 33.0 Å². The van der Waals surface area contributed by atoms with Crippen molar-refractivity contribution in [1.82, 2.24) is 0 Å². The molecule has 0 fully saturated rings. The smallest absolute Gasteiger partial charge is 0.305 e. The second-order valence-electron chi connectivity index (χ2n) is 5.74. The number of hydrogen-bond acceptors (Lipinski definition) is 6. The fourth-order valence-corrected chi connectivity index (χ4v) is 2.42. The average molecular weight is 365 g/mol. The highest BCUT2D eigenvalue weighted by Gasteiger charge is 2.02. The molecule has 0 rings (SSSR count). The average Bonchev–Trinajstić information content (AvgIpc) is 2.59. The Hall–Kier alpha value is -0.300. The number of esters is 1. The fraction of sp³-hybridized carbons (Fsp3) is 0.944. The third-order valence-electron chi connectivity index (χ3n) is 3.58. The van der Waals surface area contributed by atoms with Crippen molar-refractivity contribution in [3.05, 3.63) is 0 Å². The van der Waals surface area contributed by atoms with Crippen LogP contribution in [0.2, 0.25) is 0 Å². The largest absolute Gasteiger partial charge is 0.463 e. The van der Waals surface area contributed by atoms with Crippen LogP contribution >= 0.6 is 12.6 Å². The molecule has 6 heteroatoms. The van der Waals surface area contributed by atoms with Crippen LogP contribution < -0.4 is 0 Å². The Labute approximate surface area is 153 Å². The number of ether oxygens (including phenoxy) is 4. The summed E-state index contributed by atoms with van der Waals surface area (Å²) in [5.41, 5.74) is 0. The van der Waals surface area contributed by atoms with Gasteiger partial charge in [0.15, 0.2) is 0 Å². The van der Waals surface area contributed by atoms with Crippen molar-refractivity contribution in [2.45, 2.75) is 57.8 Å². The van der Waals surface area contributed by atoms with E-state index in [2.05, 4.69) is 12.6 Å². The van der Waals surface area contributed by atoms with Gasteiger partial charge in [-0.3, -0.25) is 4.79 Å². The van der Waals surface area contributed by atoms with Gasteiger partial charge in [0, 0.05) is 13.5 Å². The van der Waals surface area contributed by atoms with Crippen LogP contribution in [-0.2, 0) is 23.7 Å². The molecule has 0 N–H and O–H groups in total. The van der Waals surface area contributed by atoms with Crippen LogP contribution in [0.1, 0.15) is 57.8 Å². The molecule has 0 saturated carbocycles. The van der Waals surface area contributed by atoms with Crippen LogP contribution in [0.5, 0.6) is 0 Å². The minimum Gasteiger partial charge on any atom is -0.463 e. The van der Waals surface area contributed by atoms with Crippen LogP contribution in [0.3, 0.4) is 0 Å². The van der Waals surface area contributed by atoms with Gasteiger partial charge in [-0.25, -0.2) is 0 Å². The summed E-state index contributed by atoms with van der Waals surface area (Å²) in [5.74, 6) is 0.874. The Kier molecular flexibility index (Phi) is 20.5. The minimum absolute atomic E-state index is 0.122. The van der Waals surface area contributed by atoms with Crippen molar-refractivity contribution in [2.24, 2.45) is 0 Å². The lowest BCUT2D eigenvalue weighted by Crippen LogP contribution is -2.13. The van der Waals surface area contributed by atoms with E-state index in [0.29, 0.717) is 46.1 Å². The van der Waals surface area contributed by atoms with Gasteiger partial charge in [0.1, 0.15) is 6.61 Å². The molecule has 0 heterocycles. The third kappa shape index (κ3) is 19.7. The summed E-state index contributed by atoms with van der Waals surface area (Å²) in [4.78, 5) is 11.5. The molecule has 0 bridgehead atoms. The van der Waals surface area contributed by atoms with Crippen molar-refractivity contribution in [3.8, 4) is 0 Å². The molecule has 0 radical (unpaired) electrons. The molecule has 0 aliphatic rings. The van der Waals surface area contributed by atoms with Gasteiger partial charge in [-0.05, 0) is 18.6 Å². The molecule has 0 spiro atoms. The van der Waals surface area contributed by atoms with Crippen LogP contribution in [0.15, 0.2) is 0 Å². The highest BCUT2D eigenvalue weighted by Crippen LogP contribution is 2.10. The number of unbranched alkanes of at least 4 members (excludes halogenated alkanes) is 7. The quantitative estimate of drug-likeness (QED) is 0.215. The number of rotatable bonds is 19. The lowest BCUT2D eigenvalue weighted by Gasteiger charge is -2.07. The van der Waals surface area contributed by atoms with Gasteiger partial charge in [-0.2, -0.15) is 12.6 Å². The highest BCUT2D eigenvalue weighted by molar-refractivity contribution is 7.80. The monoisotopic (exact) mass is 364 g/mol. The summed E-state index contributed by atoms with van der Waals surface area (Å²) in [6.45, 7) is 2.95. The molecule has 0 amide bonds. The van der Waals surface area contributed by atoms with E-state index >= 15 is 0 Å². The van der Waals surface area contributed by atoms with Crippen molar-refractivity contribution >= 4 is 18.6 Å². The Balaban J connectivity index is 3.13. The molecule has 0 aromatic carbocycles. The van der Waals surface area contributed by atoms with Crippen molar-refractivity contribution in [2.75, 3.05) is 52.5 Å². The summed E-state index contributed by atoms with van der Waals surface area (Å²) in [6, 6.07) is 0. The zero-order chi connectivity index (χ0) is 17.7. The Morgan fingerprint density at radius 1 is 0.708 bits per heavy atom. The fourth-order valence-electron chi connectivity index (χ4n) is 2.19. The maximum atomic E-state index is 11.5. The number of hydrogen-bond donors (Lipinski definition) is 1. The topological polar surface area (TPSA) is 54.0 Å². The summed E-state index contributed by atoms with van der Waals surface area (Å²) < 4.78 is 20.6. The predicted molar refractivity (Wildman–Crippen MR) is 99.9 cm³/mol. The predicted octanol–water partition coefficient (Wildman–Crippen LogP) is 3.65. The van der Waals surface area contributed by atoms with Gasteiger partial charge in [-0.1, -0.05) is 38.5 Å². The molecule has 0 aromatic heterocycles. The van der Waals surface area contributed by atoms with E-state index in [1.54, 1.807) is 7.11 Å². The van der Waals surface area contributed by atoms with Gasteiger partial charge in [0.2, 0.25) is 0 Å². The summed E-state index contributed by atoms with van der Waals surface area (Å²) in [5, 5.41) is 0. The molecule has 0 saturated heterocycles. The van der Waals surface area contributed by atoms with E-state index in [0.717, 1.165) is 18.6 Å². The lowest BCUT2D eigenvalue weighted by atomic mass is 10.1. The zero-order valence-corrected chi connectivity index (χ0v) is 16.2. The van der Waals surface area contributed by atoms with Gasteiger partial charge < -0.3 is 18.9 Å². The van der Waals surface area contributed by atoms with Crippen molar-refractivity contribution in [1.29, 1.82) is 0 Å². The Morgan fingerprint density at radius 2 is 1.21 bits per heavy atom. The zero-order valence-electron chi connectivity index (χ0n) is 15.3. The first-order valence-corrected chi connectivity index (χ1v) is 9.85. The normalized spacial score (nSPS) is 10.9. The second kappa shape index (κ2) is 20.7. The minimum atomic E-state index is -0.122. The van der Waals surface area contributed by atoms with Crippen LogP contribution in [0.4, 0.5) is 0 Å². The van der Waals surface area contributed by atoms with E-state index in [4.69, 9.17) is 18.9 Å². The molecule has 24 heavy (non-hydrogen) atoms. The molecule has 0 aliphatic heterocycles. The van der Waals surface area contributed by atoms with Crippen molar-refractivity contribution < 1.29 is 23.7 Å². The van der Waals surface area contributed by atoms with E-state index in [1.165, 1.54) is 38.5 Å². The molecule has 0 aromatic rings. The molecule has 144 valence electrons. The Morgan fingerprint density at radius 3 is 1.79 bits per heavy atom. The maximum Gasteiger partial charge on any atom is 0.305 e. The van der Waals surface area contributed by atoms with E-state index < -0.39 is 0 Å². The molecule has 5 nitrogen and oxygen atoms in total. The van der Waals surface area contributed by atoms with Crippen LogP contribution in [0, 0.1) is 0 Å². The van der Waals surface area contributed by atoms with Gasteiger partial charge in [-0.15, -0.1) is 0 Å². The number of methoxy groups -OCH3 is 1. The molecule has 0 aliphatic carbocycles. The van der Waals surface area contributed by atoms with E-state index in [9.17, 15) is 4.79 Å². The van der Waals surface area contributed by atoms with E-state index in [-0.39, 0.29) is 5.97 Å². The summed E-state index contributed by atoms with van der Waals surface area (Å²) >= 11 is 4.21. The number of thiol groups is 1. The maximum absolute atomic E-state index is 11.5. The summed E-state index contributed by atoms with van der Waals surface area (Å²) in [6.07, 6.45) is 10.1. The SMILES string of the molecule is COCCOCCOCCOC(=O)CCCCCCCCCCS. The van der Waals surface area contributed by atoms with Crippen LogP contribution in [0.25, 0.3) is 0 Å². The molecule has 0 atom stereocenters. The Bertz CT molecular complexity index is 240. The first kappa shape index (κ1) is 23.7. The molecule has 0 unspecified atom stereocenters. The van der Waals surface area contributed by atoms with Crippen LogP contribution in [-0.4, -0.2) is 58.5 Å². The molecular formula is C18H36O5S. The number of carbonyl (C=O) groups is 1. The van der Waals surface area contributed by atoms with Gasteiger partial charge >= 0.3 is 5.97 Å². The summed E-state index contributed by atoms with van der Waals surface area (Å²) in [7, 11) is 1.64. The second-order valence-corrected chi connectivity index (χ2v) is 6.19. The highest BCUT2D eigenvalue weighted by atomic mass is 32.1. The van der Waals surface area contributed by atoms with E-state index in [1.807, 2.05) is 0 Å². The molecular weight excluding hydrogens is 328 g/mol. The number of carbonyl (C=O) groups excluding carboxylic acids is 1. The van der Waals surface area contributed by atoms with Gasteiger partial charge in [0.25, 0.3) is 0 Å². The lowest BCUT2D eigenvalue weighted by molar-refractivity contribution is -0.145. The first-order valence-electron chi connectivity index (χ1n) is 9.22. The van der Waals surface area contributed by atoms with Crippen molar-refractivity contribution in [3.63, 3.8) is 0 Å². The third-order valence-corrected chi connectivity index (χ3v) is 3.90. The first-order chi connectivity index (χ1) is 11.8.